The van der Waals surface area contributed by atoms with Gasteiger partial charge in [0.15, 0.2) is 5.78 Å². The Morgan fingerprint density at radius 1 is 0.958 bits per heavy atom. The highest BCUT2D eigenvalue weighted by Gasteiger charge is 2.37. The smallest absolute Gasteiger partial charge is 0.274 e. The van der Waals surface area contributed by atoms with Crippen molar-refractivity contribution in [1.82, 2.24) is 24.3 Å². The van der Waals surface area contributed by atoms with E-state index in [4.69, 9.17) is 9.47 Å². The van der Waals surface area contributed by atoms with Crippen molar-refractivity contribution in [1.29, 1.82) is 0 Å². The van der Waals surface area contributed by atoms with Crippen LogP contribution in [0.1, 0.15) is 50.5 Å². The maximum atomic E-state index is 12.7. The number of carbonyl (C=O) groups is 5. The Balaban J connectivity index is 1.09. The third-order valence-corrected chi connectivity index (χ3v) is 9.27. The van der Waals surface area contributed by atoms with E-state index in [9.17, 15) is 28.8 Å². The van der Waals surface area contributed by atoms with Crippen LogP contribution in [0.5, 0.6) is 11.5 Å². The lowest BCUT2D eigenvalue weighted by Crippen LogP contribution is -2.58. The van der Waals surface area contributed by atoms with Crippen molar-refractivity contribution in [3.05, 3.63) is 46.5 Å². The van der Waals surface area contributed by atoms with Crippen molar-refractivity contribution in [2.24, 2.45) is 14.1 Å². The second kappa shape index (κ2) is 14.9. The predicted octanol–water partition coefficient (Wildman–Crippen LogP) is 2.14. The first-order valence-electron chi connectivity index (χ1n) is 16.3. The van der Waals surface area contributed by atoms with Crippen molar-refractivity contribution < 1.29 is 33.4 Å². The minimum Gasteiger partial charge on any atom is -0.496 e. The molecule has 2 aromatic heterocycles. The van der Waals surface area contributed by atoms with E-state index in [-0.39, 0.29) is 67.2 Å². The molecule has 3 amide bonds. The molecule has 1 aromatic carbocycles. The van der Waals surface area contributed by atoms with Crippen LogP contribution in [-0.2, 0) is 44.5 Å². The number of methoxy groups -OCH3 is 2. The minimum atomic E-state index is -0.572. The summed E-state index contributed by atoms with van der Waals surface area (Å²) < 4.78 is 14.9. The molecule has 3 heterocycles. The molecule has 2 fully saturated rings. The quantitative estimate of drug-likeness (QED) is 0.229. The van der Waals surface area contributed by atoms with Gasteiger partial charge in [0.25, 0.3) is 5.56 Å². The van der Waals surface area contributed by atoms with E-state index in [1.54, 1.807) is 25.8 Å². The molecule has 1 atom stereocenters. The molecule has 5 rings (SSSR count). The Kier molecular flexibility index (Phi) is 10.7. The van der Waals surface area contributed by atoms with Crippen LogP contribution in [0, 0.1) is 0 Å². The summed E-state index contributed by atoms with van der Waals surface area (Å²) >= 11 is 0. The second-order valence-corrected chi connectivity index (χ2v) is 12.5. The summed E-state index contributed by atoms with van der Waals surface area (Å²) in [6.07, 6.45) is 6.16. The van der Waals surface area contributed by atoms with Crippen molar-refractivity contribution in [3.8, 4) is 22.6 Å². The van der Waals surface area contributed by atoms with Crippen LogP contribution in [0.3, 0.4) is 0 Å². The molecule has 2 aliphatic rings. The first-order chi connectivity index (χ1) is 23.0. The molecular formula is C35H43N5O8. The third-order valence-electron chi connectivity index (χ3n) is 9.27. The summed E-state index contributed by atoms with van der Waals surface area (Å²) in [6, 6.07) is 5.19. The molecule has 256 valence electrons. The lowest BCUT2D eigenvalue weighted by molar-refractivity contribution is -0.151. The van der Waals surface area contributed by atoms with Crippen LogP contribution in [-0.4, -0.2) is 94.7 Å². The van der Waals surface area contributed by atoms with Gasteiger partial charge in [-0.25, -0.2) is 0 Å². The average Bonchev–Trinajstić information content (AvgIpc) is 3.46. The minimum absolute atomic E-state index is 0.0814. The molecule has 0 radical (unpaired) electrons. The Hall–Kier alpha value is -4.94. The maximum Gasteiger partial charge on any atom is 0.274 e. The number of fused-ring (bicyclic) bond motifs is 1. The molecule has 3 aromatic rings. The summed E-state index contributed by atoms with van der Waals surface area (Å²) in [5, 5.41) is 3.70. The Labute approximate surface area is 278 Å². The molecule has 1 saturated carbocycles. The van der Waals surface area contributed by atoms with Crippen LogP contribution in [0.2, 0.25) is 0 Å². The van der Waals surface area contributed by atoms with Crippen molar-refractivity contribution in [3.63, 3.8) is 0 Å². The molecule has 1 N–H and O–H groups in total. The highest BCUT2D eigenvalue weighted by atomic mass is 16.5. The summed E-state index contributed by atoms with van der Waals surface area (Å²) in [5.74, 6) is 0.354. The van der Waals surface area contributed by atoms with Crippen molar-refractivity contribution in [2.75, 3.05) is 40.4 Å². The number of hydrogen-bond donors (Lipinski definition) is 1. The standard InChI is InChI=1S/C35H43N5O8/c1-37-14-12-24-26(20-38(2)35(46)34(24)37)22-17-29(47-3)25(30(18-22)48-4)7-5-8-31(43)36-13-6-9-32(44)39-15-16-40(33(45)21-39)27-11-10-23(41)19-28(27)42/h12,14,17-18,20,27H,5-11,13,15-16,19,21H2,1-4H3,(H,36,43). The number of aromatic nitrogens is 2. The number of hydrogen-bond acceptors (Lipinski definition) is 8. The fourth-order valence-corrected chi connectivity index (χ4v) is 6.68. The van der Waals surface area contributed by atoms with E-state index in [0.29, 0.717) is 62.2 Å². The fraction of sp³-hybridized carbons (Fsp3) is 0.486. The summed E-state index contributed by atoms with van der Waals surface area (Å²) in [6.45, 7) is 0.856. The van der Waals surface area contributed by atoms with E-state index < -0.39 is 6.04 Å². The zero-order valence-electron chi connectivity index (χ0n) is 28.0. The van der Waals surface area contributed by atoms with Gasteiger partial charge in [-0.1, -0.05) is 0 Å². The highest BCUT2D eigenvalue weighted by molar-refractivity contribution is 6.05. The topological polar surface area (TPSA) is 149 Å². The third kappa shape index (κ3) is 7.29. The van der Waals surface area contributed by atoms with Crippen LogP contribution < -0.4 is 20.3 Å². The van der Waals surface area contributed by atoms with Gasteiger partial charge in [0.2, 0.25) is 17.7 Å². The molecule has 0 spiro atoms. The number of Topliss-reactive ketones (excluding diaryl/α,β-unsaturated/α-hetero) is 2. The number of pyridine rings is 1. The number of ketones is 2. The van der Waals surface area contributed by atoms with Gasteiger partial charge < -0.3 is 33.7 Å². The van der Waals surface area contributed by atoms with Gasteiger partial charge in [-0.15, -0.1) is 0 Å². The molecule has 1 saturated heterocycles. The first kappa shape index (κ1) is 34.4. The van der Waals surface area contributed by atoms with Gasteiger partial charge in [0.05, 0.1) is 33.2 Å². The lowest BCUT2D eigenvalue weighted by Gasteiger charge is -2.39. The molecule has 13 nitrogen and oxygen atoms in total. The average molecular weight is 662 g/mol. The summed E-state index contributed by atoms with van der Waals surface area (Å²) in [7, 11) is 6.75. The van der Waals surface area contributed by atoms with Gasteiger partial charge in [-0.2, -0.15) is 0 Å². The van der Waals surface area contributed by atoms with Crippen LogP contribution in [0.25, 0.3) is 22.0 Å². The van der Waals surface area contributed by atoms with E-state index in [2.05, 4.69) is 5.32 Å². The second-order valence-electron chi connectivity index (χ2n) is 12.5. The van der Waals surface area contributed by atoms with Crippen molar-refractivity contribution >= 4 is 40.2 Å². The molecule has 1 aliphatic carbocycles. The van der Waals surface area contributed by atoms with Gasteiger partial charge in [0.1, 0.15) is 22.8 Å². The van der Waals surface area contributed by atoms with E-state index in [1.807, 2.05) is 42.2 Å². The molecule has 13 heteroatoms. The summed E-state index contributed by atoms with van der Waals surface area (Å²) in [5.41, 5.74) is 3.08. The number of carbonyl (C=O) groups excluding carboxylic acids is 5. The van der Waals surface area contributed by atoms with Crippen LogP contribution in [0.4, 0.5) is 0 Å². The molecular weight excluding hydrogens is 618 g/mol. The van der Waals surface area contributed by atoms with E-state index in [1.165, 1.54) is 9.80 Å². The Morgan fingerprint density at radius 2 is 1.69 bits per heavy atom. The number of aryl methyl sites for hydroxylation is 2. The Bertz CT molecular complexity index is 1780. The maximum absolute atomic E-state index is 12.7. The van der Waals surface area contributed by atoms with E-state index in [0.717, 1.165) is 22.1 Å². The Morgan fingerprint density at radius 3 is 2.35 bits per heavy atom. The number of rotatable bonds is 12. The SMILES string of the molecule is COc1cc(-c2cn(C)c(=O)c3c2ccn3C)cc(OC)c1CCCC(=O)NCCCC(=O)N1CCN(C2CCC(=O)CC2=O)C(=O)C1. The summed E-state index contributed by atoms with van der Waals surface area (Å²) in [4.78, 5) is 77.6. The highest BCUT2D eigenvalue weighted by Crippen LogP contribution is 2.38. The molecule has 48 heavy (non-hydrogen) atoms. The van der Waals surface area contributed by atoms with Crippen LogP contribution >= 0.6 is 0 Å². The normalized spacial score (nSPS) is 16.8. The fourth-order valence-electron chi connectivity index (χ4n) is 6.68. The van der Waals surface area contributed by atoms with Gasteiger partial charge in [0, 0.05) is 81.9 Å². The first-order valence-corrected chi connectivity index (χ1v) is 16.3. The zero-order chi connectivity index (χ0) is 34.5. The lowest BCUT2D eigenvalue weighted by atomic mass is 9.91. The number of nitrogens with zero attached hydrogens (tertiary/aromatic N) is 4. The van der Waals surface area contributed by atoms with E-state index >= 15 is 0 Å². The van der Waals surface area contributed by atoms with Gasteiger partial charge in [-0.05, 0) is 49.4 Å². The number of nitrogens with one attached hydrogen (secondary N) is 1. The van der Waals surface area contributed by atoms with Gasteiger partial charge in [-0.3, -0.25) is 28.8 Å². The van der Waals surface area contributed by atoms with Crippen molar-refractivity contribution in [2.45, 2.75) is 57.4 Å². The number of ether oxygens (including phenoxy) is 2. The number of amides is 3. The molecule has 1 aliphatic heterocycles. The number of benzene rings is 1. The largest absolute Gasteiger partial charge is 0.496 e. The predicted molar refractivity (Wildman–Crippen MR) is 178 cm³/mol. The molecule has 0 bridgehead atoms. The molecule has 1 unspecified atom stereocenters. The number of piperazine rings is 1. The van der Waals surface area contributed by atoms with Crippen LogP contribution in [0.15, 0.2) is 35.4 Å². The zero-order valence-corrected chi connectivity index (χ0v) is 28.0. The van der Waals surface area contributed by atoms with Gasteiger partial charge >= 0.3 is 0 Å². The monoisotopic (exact) mass is 661 g/mol.